The van der Waals surface area contributed by atoms with Crippen LogP contribution < -0.4 is 20.0 Å². The van der Waals surface area contributed by atoms with Crippen molar-refractivity contribution in [2.24, 2.45) is 4.99 Å². The number of hydrogen-bond acceptors (Lipinski definition) is 6. The van der Waals surface area contributed by atoms with E-state index in [4.69, 9.17) is 21.7 Å². The number of nitrogens with zero attached hydrogens (tertiary/aromatic N) is 2. The minimum absolute atomic E-state index is 0.125. The number of ether oxygens (including phenoxy) is 2. The average Bonchev–Trinajstić information content (AvgIpc) is 3.24. The maximum absolute atomic E-state index is 13.6. The Balaban J connectivity index is 1.62. The Morgan fingerprint density at radius 3 is 2.83 bits per heavy atom. The number of carbonyl (C=O) groups is 1. The molecular formula is C20H11FN2O4S2. The Bertz CT molecular complexity index is 1400. The molecule has 0 saturated heterocycles. The first-order valence-electron chi connectivity index (χ1n) is 8.46. The molecule has 3 heterocycles. The number of carbonyl (C=O) groups excluding carboxylic acids is 1. The number of thiazole rings is 1. The Labute approximate surface area is 172 Å². The van der Waals surface area contributed by atoms with Gasteiger partial charge in [-0.2, -0.15) is 0 Å². The summed E-state index contributed by atoms with van der Waals surface area (Å²) in [6, 6.07) is 9.14. The Hall–Kier alpha value is -3.30. The zero-order valence-corrected chi connectivity index (χ0v) is 16.2. The average molecular weight is 426 g/mol. The highest BCUT2D eigenvalue weighted by molar-refractivity contribution is 7.73. The van der Waals surface area contributed by atoms with Crippen LogP contribution in [0.4, 0.5) is 4.39 Å². The monoisotopic (exact) mass is 426 g/mol. The molecular weight excluding hydrogens is 415 g/mol. The van der Waals surface area contributed by atoms with E-state index in [2.05, 4.69) is 4.99 Å². The van der Waals surface area contributed by atoms with Crippen molar-refractivity contribution in [2.45, 2.75) is 0 Å². The molecule has 2 aliphatic heterocycles. The molecule has 0 radical (unpaired) electrons. The molecule has 1 N–H and O–H groups in total. The molecule has 0 spiro atoms. The zero-order valence-electron chi connectivity index (χ0n) is 14.6. The molecule has 0 fully saturated rings. The SMILES string of the molecule is O=C1N=c2cc3c(cc2=CC1=Cc1sc(=S)n(-c2cccc(F)c2)c1O)OCO3. The van der Waals surface area contributed by atoms with Gasteiger partial charge in [0.1, 0.15) is 5.82 Å². The predicted molar refractivity (Wildman–Crippen MR) is 107 cm³/mol. The molecule has 0 aliphatic carbocycles. The van der Waals surface area contributed by atoms with E-state index in [0.717, 1.165) is 11.3 Å². The van der Waals surface area contributed by atoms with Gasteiger partial charge in [0.25, 0.3) is 5.91 Å². The van der Waals surface area contributed by atoms with Crippen molar-refractivity contribution in [3.63, 3.8) is 0 Å². The molecule has 1 amide bonds. The summed E-state index contributed by atoms with van der Waals surface area (Å²) in [5.41, 5.74) is 0.685. The molecule has 3 aromatic rings. The van der Waals surface area contributed by atoms with Crippen molar-refractivity contribution in [3.8, 4) is 23.1 Å². The fraction of sp³-hybridized carbons (Fsp3) is 0.0500. The van der Waals surface area contributed by atoms with Crippen molar-refractivity contribution < 1.29 is 23.8 Å². The molecule has 0 unspecified atom stereocenters. The molecule has 29 heavy (non-hydrogen) atoms. The van der Waals surface area contributed by atoms with Gasteiger partial charge in [0.15, 0.2) is 15.5 Å². The molecule has 9 heteroatoms. The van der Waals surface area contributed by atoms with E-state index < -0.39 is 11.7 Å². The maximum Gasteiger partial charge on any atom is 0.277 e. The number of aromatic hydroxyl groups is 1. The maximum atomic E-state index is 13.6. The molecule has 6 nitrogen and oxygen atoms in total. The molecule has 0 saturated carbocycles. The van der Waals surface area contributed by atoms with E-state index in [1.165, 1.54) is 28.8 Å². The van der Waals surface area contributed by atoms with E-state index >= 15 is 0 Å². The smallest absolute Gasteiger partial charge is 0.277 e. The van der Waals surface area contributed by atoms with Crippen molar-refractivity contribution in [3.05, 3.63) is 67.2 Å². The highest BCUT2D eigenvalue weighted by Crippen LogP contribution is 2.32. The molecule has 0 bridgehead atoms. The summed E-state index contributed by atoms with van der Waals surface area (Å²) in [7, 11) is 0. The minimum atomic E-state index is -0.451. The molecule has 0 atom stereocenters. The van der Waals surface area contributed by atoms with E-state index in [1.54, 1.807) is 24.3 Å². The van der Waals surface area contributed by atoms with Crippen LogP contribution >= 0.6 is 23.6 Å². The van der Waals surface area contributed by atoms with Crippen LogP contribution in [0.1, 0.15) is 4.88 Å². The number of benzene rings is 2. The van der Waals surface area contributed by atoms with Crippen LogP contribution in [-0.4, -0.2) is 22.4 Å². The standard InChI is InChI=1S/C20H11FN2O4S2/c21-12-2-1-3-13(7-12)23-19(25)17(29-20(23)28)6-11-4-10-5-15-16(27-9-26-15)8-14(10)22-18(11)24/h1-8,25H,9H2. The lowest BCUT2D eigenvalue weighted by Gasteiger charge is -2.06. The second kappa shape index (κ2) is 6.64. The van der Waals surface area contributed by atoms with Crippen molar-refractivity contribution in [2.75, 3.05) is 6.79 Å². The second-order valence-corrected chi connectivity index (χ2v) is 7.97. The number of hydrogen-bond donors (Lipinski definition) is 1. The zero-order chi connectivity index (χ0) is 20.1. The quantitative estimate of drug-likeness (QED) is 0.504. The number of rotatable bonds is 2. The third-order valence-corrected chi connectivity index (χ3v) is 5.78. The lowest BCUT2D eigenvalue weighted by Crippen LogP contribution is -2.30. The highest BCUT2D eigenvalue weighted by atomic mass is 32.1. The lowest BCUT2D eigenvalue weighted by atomic mass is 10.1. The first kappa shape index (κ1) is 17.8. The molecule has 144 valence electrons. The number of aromatic nitrogens is 1. The van der Waals surface area contributed by atoms with Gasteiger partial charge in [-0.3, -0.25) is 9.36 Å². The first-order chi connectivity index (χ1) is 14.0. The summed E-state index contributed by atoms with van der Waals surface area (Å²) in [4.78, 5) is 17.0. The van der Waals surface area contributed by atoms with Gasteiger partial charge in [-0.25, -0.2) is 9.38 Å². The first-order valence-corrected chi connectivity index (χ1v) is 9.69. The van der Waals surface area contributed by atoms with E-state index in [-0.39, 0.29) is 18.2 Å². The largest absolute Gasteiger partial charge is 0.493 e. The van der Waals surface area contributed by atoms with Crippen LogP contribution in [0.3, 0.4) is 0 Å². The van der Waals surface area contributed by atoms with Crippen molar-refractivity contribution in [1.82, 2.24) is 4.57 Å². The van der Waals surface area contributed by atoms with Gasteiger partial charge in [-0.1, -0.05) is 6.07 Å². The van der Waals surface area contributed by atoms with Gasteiger partial charge < -0.3 is 14.6 Å². The van der Waals surface area contributed by atoms with Gasteiger partial charge in [0.05, 0.1) is 15.9 Å². The van der Waals surface area contributed by atoms with Gasteiger partial charge in [0, 0.05) is 16.9 Å². The Kier molecular flexibility index (Phi) is 4.07. The molecule has 1 aromatic heterocycles. The van der Waals surface area contributed by atoms with Crippen LogP contribution in [0.15, 0.2) is 47.0 Å². The topological polar surface area (TPSA) is 73.1 Å². The second-order valence-electron chi connectivity index (χ2n) is 6.30. The third kappa shape index (κ3) is 3.04. The summed E-state index contributed by atoms with van der Waals surface area (Å²) >= 11 is 6.43. The van der Waals surface area contributed by atoms with Crippen molar-refractivity contribution >= 4 is 41.6 Å². The summed E-state index contributed by atoms with van der Waals surface area (Å²) in [5, 5.41) is 11.8. The van der Waals surface area contributed by atoms with Crippen molar-refractivity contribution in [1.29, 1.82) is 0 Å². The lowest BCUT2D eigenvalue weighted by molar-refractivity contribution is -0.114. The molecule has 2 aromatic carbocycles. The number of halogens is 1. The van der Waals surface area contributed by atoms with E-state index in [0.29, 0.717) is 36.6 Å². The van der Waals surface area contributed by atoms with Crippen LogP contribution in [0.2, 0.25) is 0 Å². The van der Waals surface area contributed by atoms with E-state index in [9.17, 15) is 14.3 Å². The third-order valence-electron chi connectivity index (χ3n) is 4.47. The predicted octanol–water partition coefficient (Wildman–Crippen LogP) is 2.87. The fourth-order valence-corrected chi connectivity index (χ4v) is 4.43. The Morgan fingerprint density at radius 2 is 2.03 bits per heavy atom. The van der Waals surface area contributed by atoms with Gasteiger partial charge in [-0.15, -0.1) is 11.3 Å². The van der Waals surface area contributed by atoms with Gasteiger partial charge in [-0.05, 0) is 48.6 Å². The van der Waals surface area contributed by atoms with Crippen LogP contribution in [-0.2, 0) is 4.79 Å². The molecule has 2 aliphatic rings. The van der Waals surface area contributed by atoms with E-state index in [1.807, 2.05) is 0 Å². The minimum Gasteiger partial charge on any atom is -0.493 e. The number of fused-ring (bicyclic) bond motifs is 2. The summed E-state index contributed by atoms with van der Waals surface area (Å²) in [5.74, 6) is 0.0616. The fourth-order valence-electron chi connectivity index (χ4n) is 3.13. The van der Waals surface area contributed by atoms with Crippen LogP contribution in [0, 0.1) is 9.77 Å². The van der Waals surface area contributed by atoms with Crippen LogP contribution in [0.25, 0.3) is 17.8 Å². The normalized spacial score (nSPS) is 15.8. The highest BCUT2D eigenvalue weighted by Gasteiger charge is 2.19. The van der Waals surface area contributed by atoms with Gasteiger partial charge >= 0.3 is 0 Å². The van der Waals surface area contributed by atoms with Crippen LogP contribution in [0.5, 0.6) is 17.4 Å². The Morgan fingerprint density at radius 1 is 1.24 bits per heavy atom. The summed E-state index contributed by atoms with van der Waals surface area (Å²) < 4.78 is 25.9. The van der Waals surface area contributed by atoms with Gasteiger partial charge in [0.2, 0.25) is 12.7 Å². The number of amides is 1. The summed E-state index contributed by atoms with van der Waals surface area (Å²) in [6.07, 6.45) is 3.19. The summed E-state index contributed by atoms with van der Waals surface area (Å²) in [6.45, 7) is 0.125. The molecule has 5 rings (SSSR count).